The maximum Gasteiger partial charge on any atom is 0.156 e. The lowest BCUT2D eigenvalue weighted by Gasteiger charge is -2.12. The largest absolute Gasteiger partial charge is 0.361 e. The first kappa shape index (κ1) is 11.3. The van der Waals surface area contributed by atoms with E-state index in [1.165, 1.54) is 43.3 Å². The quantitative estimate of drug-likeness (QED) is 0.790. The number of nitrogens with zero attached hydrogens (tertiary/aromatic N) is 2. The van der Waals surface area contributed by atoms with Crippen LogP contribution in [0.25, 0.3) is 0 Å². The molecule has 0 amide bonds. The van der Waals surface area contributed by atoms with Gasteiger partial charge in [0.25, 0.3) is 0 Å². The molecule has 0 radical (unpaired) electrons. The van der Waals surface area contributed by atoms with Crippen LogP contribution in [0.4, 0.5) is 0 Å². The van der Waals surface area contributed by atoms with E-state index in [4.69, 9.17) is 0 Å². The van der Waals surface area contributed by atoms with E-state index in [0.717, 1.165) is 13.1 Å². The Balaban J connectivity index is 1.65. The van der Waals surface area contributed by atoms with Gasteiger partial charge in [-0.15, -0.1) is 0 Å². The van der Waals surface area contributed by atoms with Gasteiger partial charge in [-0.3, -0.25) is 4.99 Å². The highest BCUT2D eigenvalue weighted by Gasteiger charge is 2.18. The normalized spacial score (nSPS) is 29.9. The van der Waals surface area contributed by atoms with E-state index in [-0.39, 0.29) is 0 Å². The highest BCUT2D eigenvalue weighted by molar-refractivity contribution is 8.14. The van der Waals surface area contributed by atoms with Gasteiger partial charge in [0.1, 0.15) is 0 Å². The Morgan fingerprint density at radius 2 is 2.27 bits per heavy atom. The number of amidine groups is 1. The van der Waals surface area contributed by atoms with Gasteiger partial charge in [-0.2, -0.15) is 0 Å². The second kappa shape index (κ2) is 5.75. The molecule has 2 aliphatic heterocycles. The number of aliphatic imine (C=N–C) groups is 1. The molecule has 0 aromatic carbocycles. The lowest BCUT2D eigenvalue weighted by molar-refractivity contribution is 0.349. The molecule has 2 fully saturated rings. The molecule has 0 aromatic heterocycles. The predicted octanol–water partition coefficient (Wildman–Crippen LogP) is 1.55. The number of hydrogen-bond acceptors (Lipinski definition) is 3. The summed E-state index contributed by atoms with van der Waals surface area (Å²) in [6, 6.07) is 0.653. The minimum absolute atomic E-state index is 0.653. The molecule has 0 bridgehead atoms. The van der Waals surface area contributed by atoms with Gasteiger partial charge in [-0.05, 0) is 32.4 Å². The van der Waals surface area contributed by atoms with Crippen molar-refractivity contribution in [2.24, 2.45) is 4.99 Å². The summed E-state index contributed by atoms with van der Waals surface area (Å²) in [5, 5.41) is 4.63. The number of likely N-dealkylation sites (tertiary alicyclic amines) is 1. The summed E-state index contributed by atoms with van der Waals surface area (Å²) in [5.41, 5.74) is 0. The van der Waals surface area contributed by atoms with Gasteiger partial charge in [0.15, 0.2) is 5.17 Å². The summed E-state index contributed by atoms with van der Waals surface area (Å²) in [5.74, 6) is 1.19. The Hall–Kier alpha value is -0.220. The minimum atomic E-state index is 0.653. The average molecular weight is 227 g/mol. The van der Waals surface area contributed by atoms with Gasteiger partial charge in [0.05, 0.1) is 6.54 Å². The number of rotatable bonds is 4. The summed E-state index contributed by atoms with van der Waals surface area (Å²) >= 11 is 1.88. The molecule has 1 atom stereocenters. The van der Waals surface area contributed by atoms with Crippen LogP contribution in [-0.2, 0) is 0 Å². The Bertz CT molecular complexity index is 224. The molecule has 2 aliphatic rings. The lowest BCUT2D eigenvalue weighted by atomic mass is 10.3. The molecule has 86 valence electrons. The Labute approximate surface area is 96.7 Å². The summed E-state index contributed by atoms with van der Waals surface area (Å²) in [4.78, 5) is 7.13. The monoisotopic (exact) mass is 227 g/mol. The van der Waals surface area contributed by atoms with Crippen molar-refractivity contribution in [1.82, 2.24) is 10.2 Å². The van der Waals surface area contributed by atoms with Crippen LogP contribution < -0.4 is 5.32 Å². The first-order valence-electron chi connectivity index (χ1n) is 6.04. The molecule has 1 N–H and O–H groups in total. The van der Waals surface area contributed by atoms with E-state index in [1.54, 1.807) is 0 Å². The zero-order chi connectivity index (χ0) is 10.5. The maximum absolute atomic E-state index is 4.61. The van der Waals surface area contributed by atoms with Crippen molar-refractivity contribution in [3.63, 3.8) is 0 Å². The van der Waals surface area contributed by atoms with E-state index in [1.807, 2.05) is 11.8 Å². The molecule has 0 saturated carbocycles. The fourth-order valence-corrected chi connectivity index (χ4v) is 3.16. The van der Waals surface area contributed by atoms with Crippen molar-refractivity contribution in [1.29, 1.82) is 0 Å². The van der Waals surface area contributed by atoms with Crippen molar-refractivity contribution in [3.8, 4) is 0 Å². The zero-order valence-corrected chi connectivity index (χ0v) is 10.4. The zero-order valence-electron chi connectivity index (χ0n) is 9.54. The van der Waals surface area contributed by atoms with Crippen LogP contribution in [0.1, 0.15) is 26.2 Å². The predicted molar refractivity (Wildman–Crippen MR) is 67.6 cm³/mol. The number of hydrogen-bond donors (Lipinski definition) is 1. The first-order chi connectivity index (χ1) is 7.38. The van der Waals surface area contributed by atoms with Crippen LogP contribution in [0, 0.1) is 0 Å². The summed E-state index contributed by atoms with van der Waals surface area (Å²) < 4.78 is 0. The van der Waals surface area contributed by atoms with E-state index in [0.29, 0.717) is 6.04 Å². The number of thioether (sulfide) groups is 1. The molecule has 1 unspecified atom stereocenters. The molecule has 0 spiro atoms. The van der Waals surface area contributed by atoms with Gasteiger partial charge in [-0.25, -0.2) is 0 Å². The fraction of sp³-hybridized carbons (Fsp3) is 0.909. The topological polar surface area (TPSA) is 27.6 Å². The van der Waals surface area contributed by atoms with Gasteiger partial charge >= 0.3 is 0 Å². The summed E-state index contributed by atoms with van der Waals surface area (Å²) in [7, 11) is 0. The molecule has 15 heavy (non-hydrogen) atoms. The van der Waals surface area contributed by atoms with Crippen LogP contribution in [0.5, 0.6) is 0 Å². The van der Waals surface area contributed by atoms with Crippen LogP contribution in [0.3, 0.4) is 0 Å². The second-order valence-electron chi connectivity index (χ2n) is 4.30. The van der Waals surface area contributed by atoms with Crippen LogP contribution >= 0.6 is 11.8 Å². The highest BCUT2D eigenvalue weighted by Crippen LogP contribution is 2.15. The van der Waals surface area contributed by atoms with Gasteiger partial charge in [-0.1, -0.05) is 18.7 Å². The standard InChI is InChI=1S/C11H21N3S/c1-2-10-9-15-11(13-10)12-5-8-14-6-3-4-7-14/h10H,2-9H2,1H3,(H,12,13). The molecule has 2 rings (SSSR count). The SMILES string of the molecule is CCC1CSC(=NCCN2CCCC2)N1. The smallest absolute Gasteiger partial charge is 0.156 e. The molecule has 0 aliphatic carbocycles. The maximum atomic E-state index is 4.61. The molecule has 2 saturated heterocycles. The summed E-state index contributed by atoms with van der Waals surface area (Å²) in [6.45, 7) is 6.89. The fourth-order valence-electron chi connectivity index (χ4n) is 2.05. The third kappa shape index (κ3) is 3.38. The number of nitrogens with one attached hydrogen (secondary N) is 1. The lowest BCUT2D eigenvalue weighted by Crippen LogP contribution is -2.27. The summed E-state index contributed by atoms with van der Waals surface area (Å²) in [6.07, 6.45) is 3.96. The van der Waals surface area contributed by atoms with Gasteiger partial charge in [0, 0.05) is 18.3 Å². The third-order valence-electron chi connectivity index (χ3n) is 3.11. The first-order valence-corrected chi connectivity index (χ1v) is 7.03. The van der Waals surface area contributed by atoms with Crippen LogP contribution in [0.15, 0.2) is 4.99 Å². The molecular formula is C11H21N3S. The van der Waals surface area contributed by atoms with Gasteiger partial charge in [0.2, 0.25) is 0 Å². The van der Waals surface area contributed by atoms with Crippen molar-refractivity contribution >= 4 is 16.9 Å². The second-order valence-corrected chi connectivity index (χ2v) is 5.30. The van der Waals surface area contributed by atoms with Crippen LogP contribution in [-0.4, -0.2) is 48.0 Å². The third-order valence-corrected chi connectivity index (χ3v) is 4.20. The highest BCUT2D eigenvalue weighted by atomic mass is 32.2. The molecule has 3 nitrogen and oxygen atoms in total. The van der Waals surface area contributed by atoms with Crippen molar-refractivity contribution in [3.05, 3.63) is 0 Å². The average Bonchev–Trinajstić information content (AvgIpc) is 2.88. The molecule has 4 heteroatoms. The Morgan fingerprint density at radius 3 is 2.93 bits per heavy atom. The molecule has 0 aromatic rings. The van der Waals surface area contributed by atoms with E-state index < -0.39 is 0 Å². The minimum Gasteiger partial charge on any atom is -0.361 e. The van der Waals surface area contributed by atoms with Crippen LogP contribution in [0.2, 0.25) is 0 Å². The Morgan fingerprint density at radius 1 is 1.47 bits per heavy atom. The van der Waals surface area contributed by atoms with Crippen molar-refractivity contribution in [2.45, 2.75) is 32.2 Å². The van der Waals surface area contributed by atoms with E-state index >= 15 is 0 Å². The van der Waals surface area contributed by atoms with E-state index in [9.17, 15) is 0 Å². The molecule has 2 heterocycles. The van der Waals surface area contributed by atoms with Gasteiger partial charge < -0.3 is 10.2 Å². The molecular weight excluding hydrogens is 206 g/mol. The van der Waals surface area contributed by atoms with Crippen molar-refractivity contribution < 1.29 is 0 Å². The van der Waals surface area contributed by atoms with Crippen molar-refractivity contribution in [2.75, 3.05) is 31.9 Å². The van der Waals surface area contributed by atoms with E-state index in [2.05, 4.69) is 22.1 Å². The Kier molecular flexibility index (Phi) is 4.32.